The molecule has 11 nitrogen and oxygen atoms in total. The van der Waals surface area contributed by atoms with E-state index in [0.717, 1.165) is 6.07 Å². The molecule has 0 aromatic carbocycles. The first-order valence-corrected chi connectivity index (χ1v) is 6.92. The van der Waals surface area contributed by atoms with Crippen LogP contribution in [0.4, 0.5) is 17.3 Å². The molecular weight excluding hydrogens is 324 g/mol. The van der Waals surface area contributed by atoms with Crippen molar-refractivity contribution in [1.82, 2.24) is 4.98 Å². The van der Waals surface area contributed by atoms with Gasteiger partial charge in [0.2, 0.25) is 11.7 Å². The molecule has 24 heavy (non-hydrogen) atoms. The van der Waals surface area contributed by atoms with Gasteiger partial charge in [-0.2, -0.15) is 0 Å². The molecule has 0 radical (unpaired) electrons. The van der Waals surface area contributed by atoms with Gasteiger partial charge in [0.05, 0.1) is 11.3 Å². The number of rotatable bonds is 10. The van der Waals surface area contributed by atoms with Gasteiger partial charge < -0.3 is 20.8 Å². The smallest absolute Gasteiger partial charge is 0.311 e. The molecular formula is C13H16N4O7. The third kappa shape index (κ3) is 6.68. The van der Waals surface area contributed by atoms with Gasteiger partial charge >= 0.3 is 17.6 Å². The Labute approximate surface area is 135 Å². The highest BCUT2D eigenvalue weighted by molar-refractivity contribution is 5.93. The van der Waals surface area contributed by atoms with Crippen LogP contribution in [0.5, 0.6) is 0 Å². The fourth-order valence-electron chi connectivity index (χ4n) is 1.66. The molecule has 0 fully saturated rings. The molecule has 4 N–H and O–H groups in total. The van der Waals surface area contributed by atoms with Crippen molar-refractivity contribution in [3.8, 4) is 0 Å². The molecule has 0 saturated heterocycles. The Balaban J connectivity index is 2.77. The third-order valence-corrected chi connectivity index (χ3v) is 2.77. The van der Waals surface area contributed by atoms with Gasteiger partial charge in [-0.25, -0.2) is 4.98 Å². The van der Waals surface area contributed by atoms with Gasteiger partial charge in [0.15, 0.2) is 0 Å². The largest absolute Gasteiger partial charge is 0.481 e. The summed E-state index contributed by atoms with van der Waals surface area (Å²) in [4.78, 5) is 46.6. The lowest BCUT2D eigenvalue weighted by Crippen LogP contribution is -2.16. The number of hydrogen-bond donors (Lipinski definition) is 4. The average Bonchev–Trinajstić information content (AvgIpc) is 2.49. The number of nitro groups is 1. The monoisotopic (exact) mass is 340 g/mol. The number of nitrogens with one attached hydrogen (secondary N) is 2. The Morgan fingerprint density at radius 2 is 1.79 bits per heavy atom. The summed E-state index contributed by atoms with van der Waals surface area (Å²) in [5.41, 5.74) is -0.435. The van der Waals surface area contributed by atoms with Gasteiger partial charge in [0, 0.05) is 25.5 Å². The Hall–Kier alpha value is -3.24. The zero-order valence-corrected chi connectivity index (χ0v) is 12.5. The minimum absolute atomic E-state index is 0.0429. The number of carbonyl (C=O) groups is 3. The van der Waals surface area contributed by atoms with Crippen LogP contribution in [0.1, 0.15) is 25.7 Å². The maximum atomic E-state index is 11.6. The van der Waals surface area contributed by atoms with Crippen LogP contribution in [-0.2, 0) is 14.4 Å². The zero-order valence-electron chi connectivity index (χ0n) is 12.5. The van der Waals surface area contributed by atoms with E-state index < -0.39 is 34.9 Å². The van der Waals surface area contributed by atoms with Gasteiger partial charge in [-0.05, 0) is 12.5 Å². The van der Waals surface area contributed by atoms with Crippen LogP contribution in [0.25, 0.3) is 0 Å². The maximum absolute atomic E-state index is 11.6. The van der Waals surface area contributed by atoms with E-state index in [4.69, 9.17) is 10.2 Å². The Morgan fingerprint density at radius 3 is 2.38 bits per heavy atom. The fraction of sp³-hybridized carbons (Fsp3) is 0.385. The van der Waals surface area contributed by atoms with Crippen molar-refractivity contribution in [3.05, 3.63) is 22.2 Å². The highest BCUT2D eigenvalue weighted by Crippen LogP contribution is 2.24. The predicted molar refractivity (Wildman–Crippen MR) is 81.8 cm³/mol. The van der Waals surface area contributed by atoms with E-state index in [2.05, 4.69) is 15.6 Å². The van der Waals surface area contributed by atoms with Gasteiger partial charge in [0.25, 0.3) is 0 Å². The maximum Gasteiger partial charge on any atom is 0.311 e. The number of pyridine rings is 1. The molecule has 1 heterocycles. The molecule has 0 atom stereocenters. The second kappa shape index (κ2) is 9.02. The first-order chi connectivity index (χ1) is 11.3. The van der Waals surface area contributed by atoms with Crippen LogP contribution in [0, 0.1) is 10.1 Å². The lowest BCUT2D eigenvalue weighted by atomic mass is 10.3. The molecule has 11 heteroatoms. The van der Waals surface area contributed by atoms with E-state index in [1.165, 1.54) is 6.07 Å². The van der Waals surface area contributed by atoms with Crippen LogP contribution in [0.15, 0.2) is 12.1 Å². The van der Waals surface area contributed by atoms with Gasteiger partial charge in [0.1, 0.15) is 5.82 Å². The first kappa shape index (κ1) is 18.8. The lowest BCUT2D eigenvalue weighted by Gasteiger charge is -2.08. The minimum Gasteiger partial charge on any atom is -0.481 e. The summed E-state index contributed by atoms with van der Waals surface area (Å²) < 4.78 is 0. The molecule has 1 amide bonds. The van der Waals surface area contributed by atoms with Crippen LogP contribution < -0.4 is 10.6 Å². The second-order valence-electron chi connectivity index (χ2n) is 4.69. The molecule has 0 spiro atoms. The van der Waals surface area contributed by atoms with Crippen molar-refractivity contribution < 1.29 is 29.5 Å². The predicted octanol–water partition coefficient (Wildman–Crippen LogP) is 1.07. The van der Waals surface area contributed by atoms with E-state index in [9.17, 15) is 24.5 Å². The molecule has 0 aliphatic heterocycles. The molecule has 130 valence electrons. The lowest BCUT2D eigenvalue weighted by molar-refractivity contribution is -0.384. The molecule has 1 aromatic heterocycles. The summed E-state index contributed by atoms with van der Waals surface area (Å²) in [6, 6.07) is 2.46. The fourth-order valence-corrected chi connectivity index (χ4v) is 1.66. The molecule has 0 aliphatic rings. The van der Waals surface area contributed by atoms with Crippen LogP contribution in [0.2, 0.25) is 0 Å². The van der Waals surface area contributed by atoms with Crippen LogP contribution in [-0.4, -0.2) is 44.5 Å². The number of nitrogens with zero attached hydrogens (tertiary/aromatic N) is 2. The van der Waals surface area contributed by atoms with E-state index >= 15 is 0 Å². The van der Waals surface area contributed by atoms with Crippen molar-refractivity contribution in [2.24, 2.45) is 0 Å². The van der Waals surface area contributed by atoms with Crippen LogP contribution in [0.3, 0.4) is 0 Å². The number of aliphatic carboxylic acids is 2. The number of aromatic nitrogens is 1. The minimum atomic E-state index is -1.17. The second-order valence-corrected chi connectivity index (χ2v) is 4.69. The molecule has 0 saturated carbocycles. The van der Waals surface area contributed by atoms with E-state index in [1.807, 2.05) is 0 Å². The van der Waals surface area contributed by atoms with Crippen molar-refractivity contribution in [2.45, 2.75) is 25.7 Å². The quantitative estimate of drug-likeness (QED) is 0.276. The summed E-state index contributed by atoms with van der Waals surface area (Å²) in [5.74, 6) is -2.91. The summed E-state index contributed by atoms with van der Waals surface area (Å²) in [7, 11) is 0. The van der Waals surface area contributed by atoms with Crippen molar-refractivity contribution in [3.63, 3.8) is 0 Å². The molecule has 0 aliphatic carbocycles. The topological polar surface area (TPSA) is 172 Å². The summed E-state index contributed by atoms with van der Waals surface area (Å²) in [6.45, 7) is 0.281. The molecule has 1 aromatic rings. The van der Waals surface area contributed by atoms with Crippen molar-refractivity contribution in [1.29, 1.82) is 0 Å². The van der Waals surface area contributed by atoms with Crippen LogP contribution >= 0.6 is 0 Å². The molecule has 0 bridgehead atoms. The van der Waals surface area contributed by atoms with E-state index in [-0.39, 0.29) is 31.0 Å². The highest BCUT2D eigenvalue weighted by Gasteiger charge is 2.18. The number of hydrogen-bond acceptors (Lipinski definition) is 7. The normalized spacial score (nSPS) is 10.0. The number of carboxylic acid groups (broad SMARTS) is 2. The first-order valence-electron chi connectivity index (χ1n) is 6.92. The van der Waals surface area contributed by atoms with Crippen molar-refractivity contribution in [2.75, 3.05) is 17.2 Å². The van der Waals surface area contributed by atoms with Gasteiger partial charge in [-0.1, -0.05) is 0 Å². The SMILES string of the molecule is O=C(O)CCCNc1ccc([N+](=O)[O-])c(NC(=O)CCC(=O)O)n1. The van der Waals surface area contributed by atoms with Gasteiger partial charge in [-0.3, -0.25) is 24.5 Å². The van der Waals surface area contributed by atoms with E-state index in [0.29, 0.717) is 6.42 Å². The number of carbonyl (C=O) groups excluding carboxylic acids is 1. The van der Waals surface area contributed by atoms with E-state index in [1.54, 1.807) is 0 Å². The Bertz CT molecular complexity index is 647. The number of amides is 1. The van der Waals surface area contributed by atoms with Gasteiger partial charge in [-0.15, -0.1) is 0 Å². The number of carboxylic acids is 2. The summed E-state index contributed by atoms with van der Waals surface area (Å²) in [6.07, 6.45) is -0.468. The molecule has 1 rings (SSSR count). The standard InChI is InChI=1S/C13H16N4O7/c18-10(5-6-12(21)22)16-13-8(17(23)24)3-4-9(15-13)14-7-1-2-11(19)20/h3-4H,1-2,5-7H2,(H,19,20)(H,21,22)(H2,14,15,16,18). The highest BCUT2D eigenvalue weighted by atomic mass is 16.6. The average molecular weight is 340 g/mol. The third-order valence-electron chi connectivity index (χ3n) is 2.77. The Kier molecular flexibility index (Phi) is 7.07. The van der Waals surface area contributed by atoms with Crippen molar-refractivity contribution >= 4 is 35.2 Å². The Morgan fingerprint density at radius 1 is 1.12 bits per heavy atom. The molecule has 0 unspecified atom stereocenters. The number of anilines is 2. The summed E-state index contributed by atoms with van der Waals surface area (Å²) >= 11 is 0. The summed E-state index contributed by atoms with van der Waals surface area (Å²) in [5, 5.41) is 33.0. The zero-order chi connectivity index (χ0) is 18.1.